The fraction of sp³-hybridized carbons (Fsp3) is 0.346. The zero-order valence-corrected chi connectivity index (χ0v) is 18.3. The van der Waals surface area contributed by atoms with Gasteiger partial charge in [0.25, 0.3) is 0 Å². The zero-order chi connectivity index (χ0) is 22.3. The van der Waals surface area contributed by atoms with Gasteiger partial charge in [0.15, 0.2) is 5.71 Å². The maximum Gasteiger partial charge on any atom is 0.353 e. The van der Waals surface area contributed by atoms with Gasteiger partial charge in [0.1, 0.15) is 19.0 Å². The van der Waals surface area contributed by atoms with Gasteiger partial charge in [-0.3, -0.25) is 0 Å². The number of aliphatic carboxylic acids is 1. The summed E-state index contributed by atoms with van der Waals surface area (Å²) in [6.45, 7) is 2.05. The van der Waals surface area contributed by atoms with E-state index in [-0.39, 0.29) is 12.3 Å². The van der Waals surface area contributed by atoms with Crippen LogP contribution in [0.3, 0.4) is 0 Å². The lowest BCUT2D eigenvalue weighted by molar-refractivity contribution is -0.129. The maximum absolute atomic E-state index is 10.9. The molecule has 6 nitrogen and oxygen atoms in total. The van der Waals surface area contributed by atoms with Crippen LogP contribution >= 0.6 is 0 Å². The largest absolute Gasteiger partial charge is 0.487 e. The zero-order valence-electron chi connectivity index (χ0n) is 18.3. The number of pyridine rings is 1. The second-order valence-corrected chi connectivity index (χ2v) is 8.23. The van der Waals surface area contributed by atoms with E-state index in [1.165, 1.54) is 31.7 Å². The molecule has 6 heteroatoms. The molecule has 0 radical (unpaired) electrons. The van der Waals surface area contributed by atoms with Gasteiger partial charge in [-0.2, -0.15) is 0 Å². The molecule has 1 N–H and O–H groups in total. The van der Waals surface area contributed by atoms with E-state index in [0.29, 0.717) is 12.5 Å². The molecule has 0 bridgehead atoms. The summed E-state index contributed by atoms with van der Waals surface area (Å²) in [4.78, 5) is 21.0. The summed E-state index contributed by atoms with van der Waals surface area (Å²) in [6.07, 6.45) is 5.98. The number of fused-ring (bicyclic) bond motifs is 1. The van der Waals surface area contributed by atoms with Crippen LogP contribution in [0.4, 0.5) is 0 Å². The van der Waals surface area contributed by atoms with Crippen molar-refractivity contribution >= 4 is 22.6 Å². The highest BCUT2D eigenvalue weighted by Gasteiger charge is 2.20. The second kappa shape index (κ2) is 10.3. The van der Waals surface area contributed by atoms with Crippen LogP contribution in [0.5, 0.6) is 5.75 Å². The lowest BCUT2D eigenvalue weighted by Gasteiger charge is -2.24. The van der Waals surface area contributed by atoms with Crippen molar-refractivity contribution in [2.45, 2.75) is 58.2 Å². The Morgan fingerprint density at radius 1 is 1.06 bits per heavy atom. The van der Waals surface area contributed by atoms with Crippen LogP contribution in [0.1, 0.15) is 61.8 Å². The van der Waals surface area contributed by atoms with E-state index in [0.717, 1.165) is 40.8 Å². The number of para-hydroxylation sites is 1. The first-order chi connectivity index (χ1) is 15.6. The number of carboxylic acids is 1. The summed E-state index contributed by atoms with van der Waals surface area (Å²) >= 11 is 0. The topological polar surface area (TPSA) is 81.0 Å². The van der Waals surface area contributed by atoms with Crippen molar-refractivity contribution in [2.24, 2.45) is 5.16 Å². The minimum atomic E-state index is -1.08. The summed E-state index contributed by atoms with van der Waals surface area (Å²) in [5.41, 5.74) is 4.01. The fourth-order valence-electron chi connectivity index (χ4n) is 4.17. The summed E-state index contributed by atoms with van der Waals surface area (Å²) < 4.78 is 6.09. The Labute approximate surface area is 187 Å². The van der Waals surface area contributed by atoms with Crippen LogP contribution in [0, 0.1) is 0 Å². The molecule has 1 aromatic heterocycles. The Bertz CT molecular complexity index is 1120. The molecular formula is C26H28N2O4. The molecule has 1 aliphatic rings. The average molecular weight is 433 g/mol. The van der Waals surface area contributed by atoms with Crippen molar-refractivity contribution in [1.82, 2.24) is 4.98 Å². The minimum absolute atomic E-state index is 0.0629. The Balaban J connectivity index is 1.50. The molecule has 0 unspecified atom stereocenters. The molecule has 1 fully saturated rings. The summed E-state index contributed by atoms with van der Waals surface area (Å²) in [5, 5.41) is 13.8. The molecule has 1 aliphatic carbocycles. The van der Waals surface area contributed by atoms with E-state index < -0.39 is 5.97 Å². The van der Waals surface area contributed by atoms with E-state index in [4.69, 9.17) is 14.7 Å². The Kier molecular flexibility index (Phi) is 7.00. The van der Waals surface area contributed by atoms with E-state index in [1.54, 1.807) is 0 Å². The molecule has 4 rings (SSSR count). The first-order valence-electron chi connectivity index (χ1n) is 11.1. The normalized spacial score (nSPS) is 15.0. The van der Waals surface area contributed by atoms with Crippen molar-refractivity contribution in [3.05, 3.63) is 71.4 Å². The Hall–Kier alpha value is -3.41. The Morgan fingerprint density at radius 3 is 2.69 bits per heavy atom. The van der Waals surface area contributed by atoms with Crippen molar-refractivity contribution < 1.29 is 19.5 Å². The lowest BCUT2D eigenvalue weighted by atomic mass is 9.82. The molecule has 1 heterocycles. The molecular weight excluding hydrogens is 404 g/mol. The average Bonchev–Trinajstić information content (AvgIpc) is 2.83. The number of nitrogens with zero attached hydrogens (tertiary/aromatic N) is 2. The standard InChI is InChI=1S/C26H28N2O4/c1-18(26(29)30)28-32-16-21-12-14-23(15-24(21)19-7-3-2-4-8-19)31-17-22-13-11-20-9-5-6-10-25(20)27-22/h5-6,9-15,19H,2-4,7-8,16-17H2,1H3,(H,29,30). The second-order valence-electron chi connectivity index (χ2n) is 8.23. The molecule has 0 atom stereocenters. The van der Waals surface area contributed by atoms with Crippen LogP contribution in [-0.4, -0.2) is 21.8 Å². The highest BCUT2D eigenvalue weighted by atomic mass is 16.6. The molecule has 1 saturated carbocycles. The number of ether oxygens (including phenoxy) is 1. The summed E-state index contributed by atoms with van der Waals surface area (Å²) in [5.74, 6) is 0.173. The van der Waals surface area contributed by atoms with E-state index in [9.17, 15) is 4.79 Å². The third kappa shape index (κ3) is 5.44. The van der Waals surface area contributed by atoms with Crippen LogP contribution in [0.2, 0.25) is 0 Å². The van der Waals surface area contributed by atoms with Gasteiger partial charge in [0.05, 0.1) is 11.2 Å². The minimum Gasteiger partial charge on any atom is -0.487 e. The predicted octanol–water partition coefficient (Wildman–Crippen LogP) is 5.84. The highest BCUT2D eigenvalue weighted by molar-refractivity contribution is 6.34. The number of hydrogen-bond donors (Lipinski definition) is 1. The number of carboxylic acid groups (broad SMARTS) is 1. The van der Waals surface area contributed by atoms with Gasteiger partial charge in [-0.1, -0.05) is 54.8 Å². The van der Waals surface area contributed by atoms with Gasteiger partial charge >= 0.3 is 5.97 Å². The quantitative estimate of drug-likeness (QED) is 0.357. The first kappa shape index (κ1) is 21.8. The maximum atomic E-state index is 10.9. The van der Waals surface area contributed by atoms with Gasteiger partial charge in [-0.05, 0) is 61.1 Å². The van der Waals surface area contributed by atoms with Crippen LogP contribution in [0.25, 0.3) is 10.9 Å². The molecule has 3 aromatic rings. The number of aromatic nitrogens is 1. The predicted molar refractivity (Wildman–Crippen MR) is 124 cm³/mol. The molecule has 2 aromatic carbocycles. The monoisotopic (exact) mass is 432 g/mol. The highest BCUT2D eigenvalue weighted by Crippen LogP contribution is 2.36. The number of rotatable bonds is 8. The van der Waals surface area contributed by atoms with E-state index in [2.05, 4.69) is 22.3 Å². The molecule has 0 spiro atoms. The van der Waals surface area contributed by atoms with Crippen molar-refractivity contribution in [3.8, 4) is 5.75 Å². The molecule has 0 amide bonds. The smallest absolute Gasteiger partial charge is 0.353 e. The molecule has 32 heavy (non-hydrogen) atoms. The lowest BCUT2D eigenvalue weighted by Crippen LogP contribution is -2.10. The first-order valence-corrected chi connectivity index (χ1v) is 11.1. The number of carbonyl (C=O) groups is 1. The van der Waals surface area contributed by atoms with Crippen molar-refractivity contribution in [3.63, 3.8) is 0 Å². The van der Waals surface area contributed by atoms with Crippen molar-refractivity contribution in [1.29, 1.82) is 0 Å². The summed E-state index contributed by atoms with van der Waals surface area (Å²) in [6, 6.07) is 18.1. The van der Waals surface area contributed by atoms with E-state index in [1.807, 2.05) is 42.5 Å². The van der Waals surface area contributed by atoms with Crippen LogP contribution in [-0.2, 0) is 22.8 Å². The Morgan fingerprint density at radius 2 is 1.88 bits per heavy atom. The van der Waals surface area contributed by atoms with Gasteiger partial charge in [-0.25, -0.2) is 9.78 Å². The third-order valence-electron chi connectivity index (χ3n) is 5.94. The fourth-order valence-corrected chi connectivity index (χ4v) is 4.17. The summed E-state index contributed by atoms with van der Waals surface area (Å²) in [7, 11) is 0. The van der Waals surface area contributed by atoms with Gasteiger partial charge in [0.2, 0.25) is 0 Å². The van der Waals surface area contributed by atoms with E-state index >= 15 is 0 Å². The van der Waals surface area contributed by atoms with Crippen LogP contribution < -0.4 is 4.74 Å². The van der Waals surface area contributed by atoms with Gasteiger partial charge < -0.3 is 14.7 Å². The third-order valence-corrected chi connectivity index (χ3v) is 5.94. The van der Waals surface area contributed by atoms with Crippen LogP contribution in [0.15, 0.2) is 59.8 Å². The van der Waals surface area contributed by atoms with Gasteiger partial charge in [-0.15, -0.1) is 0 Å². The number of hydrogen-bond acceptors (Lipinski definition) is 5. The van der Waals surface area contributed by atoms with Gasteiger partial charge in [0, 0.05) is 5.39 Å². The molecule has 0 aliphatic heterocycles. The molecule has 166 valence electrons. The number of benzene rings is 2. The SMILES string of the molecule is CC(=NOCc1ccc(OCc2ccc3ccccc3n2)cc1C1CCCCC1)C(=O)O. The van der Waals surface area contributed by atoms with Crippen molar-refractivity contribution in [2.75, 3.05) is 0 Å². The molecule has 0 saturated heterocycles. The number of oxime groups is 1.